The number of nitro benzene ring substituents is 1. The molecule has 0 bridgehead atoms. The molecule has 3 aromatic rings. The molecule has 0 saturated heterocycles. The van der Waals surface area contributed by atoms with E-state index in [4.69, 9.17) is 9.47 Å². The smallest absolute Gasteiger partial charge is 0.271 e. The minimum absolute atomic E-state index is 0.0425. The van der Waals surface area contributed by atoms with Crippen LogP contribution in [-0.4, -0.2) is 24.2 Å². The highest BCUT2D eigenvalue weighted by atomic mass is 16.6. The number of nitro groups is 1. The largest absolute Gasteiger partial charge is 0.497 e. The van der Waals surface area contributed by atoms with Gasteiger partial charge in [0.2, 0.25) is 0 Å². The molecule has 0 aliphatic heterocycles. The highest BCUT2D eigenvalue weighted by Crippen LogP contribution is 2.16. The summed E-state index contributed by atoms with van der Waals surface area (Å²) in [5.74, 6) is 0.898. The number of hydrogen-bond donors (Lipinski definition) is 1. The van der Waals surface area contributed by atoms with Gasteiger partial charge in [-0.15, -0.1) is 0 Å². The molecular formula is C22H19N3O5. The van der Waals surface area contributed by atoms with Crippen LogP contribution >= 0.6 is 0 Å². The van der Waals surface area contributed by atoms with Gasteiger partial charge in [-0.25, -0.2) is 5.43 Å². The Bertz CT molecular complexity index is 1050. The number of rotatable bonds is 8. The summed E-state index contributed by atoms with van der Waals surface area (Å²) in [7, 11) is 1.54. The zero-order valence-electron chi connectivity index (χ0n) is 16.1. The Morgan fingerprint density at radius 1 is 1.07 bits per heavy atom. The lowest BCUT2D eigenvalue weighted by Gasteiger charge is -2.06. The number of non-ortho nitro benzene ring substituents is 1. The molecule has 0 unspecified atom stereocenters. The highest BCUT2D eigenvalue weighted by Gasteiger charge is 2.06. The van der Waals surface area contributed by atoms with Crippen LogP contribution in [0.3, 0.4) is 0 Å². The maximum Gasteiger partial charge on any atom is 0.271 e. The number of ether oxygens (including phenoxy) is 2. The molecule has 8 nitrogen and oxygen atoms in total. The van der Waals surface area contributed by atoms with Crippen molar-refractivity contribution in [2.24, 2.45) is 5.10 Å². The second-order valence-corrected chi connectivity index (χ2v) is 6.21. The molecule has 8 heteroatoms. The lowest BCUT2D eigenvalue weighted by Crippen LogP contribution is -2.17. The summed E-state index contributed by atoms with van der Waals surface area (Å²) < 4.78 is 10.8. The first-order chi connectivity index (χ1) is 14.5. The number of hydrazone groups is 1. The quantitative estimate of drug-likeness (QED) is 0.347. The maximum absolute atomic E-state index is 12.1. The number of hydrogen-bond acceptors (Lipinski definition) is 6. The molecule has 3 aromatic carbocycles. The van der Waals surface area contributed by atoms with Crippen molar-refractivity contribution in [1.29, 1.82) is 0 Å². The van der Waals surface area contributed by atoms with E-state index in [9.17, 15) is 14.9 Å². The number of nitrogens with zero attached hydrogens (tertiary/aromatic N) is 2. The van der Waals surface area contributed by atoms with E-state index >= 15 is 0 Å². The summed E-state index contributed by atoms with van der Waals surface area (Å²) in [4.78, 5) is 22.3. The molecule has 3 rings (SSSR count). The first-order valence-corrected chi connectivity index (χ1v) is 8.99. The topological polar surface area (TPSA) is 103 Å². The lowest BCUT2D eigenvalue weighted by atomic mass is 10.2. The Hall–Kier alpha value is -4.20. The molecule has 0 aromatic heterocycles. The lowest BCUT2D eigenvalue weighted by molar-refractivity contribution is -0.384. The van der Waals surface area contributed by atoms with Gasteiger partial charge in [-0.2, -0.15) is 5.10 Å². The van der Waals surface area contributed by atoms with Crippen LogP contribution < -0.4 is 14.9 Å². The van der Waals surface area contributed by atoms with Gasteiger partial charge in [-0.1, -0.05) is 6.07 Å². The van der Waals surface area contributed by atoms with Gasteiger partial charge >= 0.3 is 0 Å². The third-order valence-corrected chi connectivity index (χ3v) is 4.14. The fraction of sp³-hybridized carbons (Fsp3) is 0.0909. The van der Waals surface area contributed by atoms with E-state index in [2.05, 4.69) is 10.5 Å². The average molecular weight is 405 g/mol. The summed E-state index contributed by atoms with van der Waals surface area (Å²) >= 11 is 0. The van der Waals surface area contributed by atoms with E-state index in [0.29, 0.717) is 23.7 Å². The van der Waals surface area contributed by atoms with Crippen molar-refractivity contribution in [3.05, 3.63) is 99.6 Å². The van der Waals surface area contributed by atoms with Crippen LogP contribution in [0.1, 0.15) is 21.5 Å². The van der Waals surface area contributed by atoms with Crippen LogP contribution in [-0.2, 0) is 6.61 Å². The first kappa shape index (κ1) is 20.5. The molecule has 1 N–H and O–H groups in total. The van der Waals surface area contributed by atoms with E-state index in [1.54, 1.807) is 60.7 Å². The molecule has 0 saturated carbocycles. The molecule has 0 heterocycles. The third-order valence-electron chi connectivity index (χ3n) is 4.14. The van der Waals surface area contributed by atoms with Crippen LogP contribution in [0.5, 0.6) is 11.5 Å². The second kappa shape index (κ2) is 9.83. The van der Waals surface area contributed by atoms with Gasteiger partial charge in [0.05, 0.1) is 18.2 Å². The van der Waals surface area contributed by atoms with Gasteiger partial charge in [-0.05, 0) is 65.7 Å². The van der Waals surface area contributed by atoms with Gasteiger partial charge in [0, 0.05) is 17.7 Å². The van der Waals surface area contributed by atoms with E-state index in [-0.39, 0.29) is 11.6 Å². The van der Waals surface area contributed by atoms with Crippen molar-refractivity contribution < 1.29 is 19.2 Å². The highest BCUT2D eigenvalue weighted by molar-refractivity contribution is 5.95. The van der Waals surface area contributed by atoms with Gasteiger partial charge in [-0.3, -0.25) is 14.9 Å². The zero-order valence-corrected chi connectivity index (χ0v) is 16.1. The first-order valence-electron chi connectivity index (χ1n) is 8.99. The van der Waals surface area contributed by atoms with Gasteiger partial charge in [0.25, 0.3) is 11.6 Å². The average Bonchev–Trinajstić information content (AvgIpc) is 2.78. The Kier molecular flexibility index (Phi) is 6.73. The number of benzene rings is 3. The summed E-state index contributed by atoms with van der Waals surface area (Å²) in [6.07, 6.45) is 1.53. The van der Waals surface area contributed by atoms with E-state index < -0.39 is 4.92 Å². The second-order valence-electron chi connectivity index (χ2n) is 6.21. The summed E-state index contributed by atoms with van der Waals surface area (Å²) in [6.45, 7) is 0.294. The SMILES string of the molecule is COc1cccc(C(=O)N/N=C\c2ccc(OCc3ccc([N+](=O)[O-])cc3)cc2)c1. The zero-order chi connectivity index (χ0) is 21.3. The molecule has 0 aliphatic rings. The number of carbonyl (C=O) groups excluding carboxylic acids is 1. The van der Waals surface area contributed by atoms with E-state index in [1.807, 2.05) is 0 Å². The molecule has 30 heavy (non-hydrogen) atoms. The van der Waals surface area contributed by atoms with Crippen LogP contribution in [0.15, 0.2) is 77.9 Å². The van der Waals surface area contributed by atoms with Crippen molar-refractivity contribution in [2.75, 3.05) is 7.11 Å². The van der Waals surface area contributed by atoms with Crippen LogP contribution in [0.2, 0.25) is 0 Å². The van der Waals surface area contributed by atoms with Gasteiger partial charge < -0.3 is 9.47 Å². The van der Waals surface area contributed by atoms with Crippen molar-refractivity contribution in [3.63, 3.8) is 0 Å². The number of nitrogens with one attached hydrogen (secondary N) is 1. The minimum atomic E-state index is -0.440. The molecule has 0 fully saturated rings. The van der Waals surface area contributed by atoms with Crippen LogP contribution in [0.25, 0.3) is 0 Å². The maximum atomic E-state index is 12.1. The fourth-order valence-corrected chi connectivity index (χ4v) is 2.52. The van der Waals surface area contributed by atoms with Gasteiger partial charge in [0.1, 0.15) is 18.1 Å². The Balaban J connectivity index is 1.51. The molecule has 1 amide bonds. The molecule has 152 valence electrons. The Morgan fingerprint density at radius 2 is 1.80 bits per heavy atom. The monoisotopic (exact) mass is 405 g/mol. The predicted octanol–water partition coefficient (Wildman–Crippen LogP) is 3.95. The Morgan fingerprint density at radius 3 is 2.47 bits per heavy atom. The minimum Gasteiger partial charge on any atom is -0.497 e. The predicted molar refractivity (Wildman–Crippen MR) is 112 cm³/mol. The number of methoxy groups -OCH3 is 1. The summed E-state index contributed by atoms with van der Waals surface area (Å²) in [5, 5.41) is 14.6. The summed E-state index contributed by atoms with van der Waals surface area (Å²) in [6, 6.07) is 20.1. The van der Waals surface area contributed by atoms with Crippen molar-refractivity contribution in [1.82, 2.24) is 5.43 Å². The summed E-state index contributed by atoms with van der Waals surface area (Å²) in [5.41, 5.74) is 4.56. The molecule has 0 spiro atoms. The fourth-order valence-electron chi connectivity index (χ4n) is 2.52. The standard InChI is InChI=1S/C22H19N3O5/c1-29-21-4-2-3-18(13-21)22(26)24-23-14-16-7-11-20(12-8-16)30-15-17-5-9-19(10-6-17)25(27)28/h2-14H,15H2,1H3,(H,24,26)/b23-14-. The molecule has 0 aliphatic carbocycles. The molecule has 0 atom stereocenters. The van der Waals surface area contributed by atoms with Gasteiger partial charge in [0.15, 0.2) is 0 Å². The third kappa shape index (κ3) is 5.65. The number of amides is 1. The van der Waals surface area contributed by atoms with E-state index in [0.717, 1.165) is 11.1 Å². The van der Waals surface area contributed by atoms with Crippen LogP contribution in [0, 0.1) is 10.1 Å². The van der Waals surface area contributed by atoms with Crippen molar-refractivity contribution in [3.8, 4) is 11.5 Å². The number of carbonyl (C=O) groups is 1. The normalized spacial score (nSPS) is 10.6. The Labute approximate surface area is 172 Å². The molecular weight excluding hydrogens is 386 g/mol. The van der Waals surface area contributed by atoms with Crippen molar-refractivity contribution in [2.45, 2.75) is 6.61 Å². The van der Waals surface area contributed by atoms with E-state index in [1.165, 1.54) is 25.5 Å². The van der Waals surface area contributed by atoms with Crippen molar-refractivity contribution >= 4 is 17.8 Å². The van der Waals surface area contributed by atoms with Crippen LogP contribution in [0.4, 0.5) is 5.69 Å². The molecule has 0 radical (unpaired) electrons.